The second-order valence-electron chi connectivity index (χ2n) is 2.44. The number of thiophene rings is 1. The Morgan fingerprint density at radius 1 is 1.64 bits per heavy atom. The first-order valence-electron chi connectivity index (χ1n) is 3.78. The molecule has 0 radical (unpaired) electrons. The molecule has 0 spiro atoms. The maximum Gasteiger partial charge on any atom is 0.332 e. The van der Waals surface area contributed by atoms with E-state index < -0.39 is 5.97 Å². The highest BCUT2D eigenvalue weighted by Crippen LogP contribution is 2.20. The first-order valence-corrected chi connectivity index (χ1v) is 4.66. The molecule has 2 aromatic rings. The fourth-order valence-corrected chi connectivity index (χ4v) is 1.60. The zero-order valence-electron chi connectivity index (χ0n) is 7.25. The van der Waals surface area contributed by atoms with Crippen molar-refractivity contribution in [2.75, 3.05) is 0 Å². The van der Waals surface area contributed by atoms with Gasteiger partial charge >= 0.3 is 5.97 Å². The normalized spacial score (nSPS) is 10.1. The van der Waals surface area contributed by atoms with Crippen LogP contribution in [0, 0.1) is 0 Å². The van der Waals surface area contributed by atoms with Gasteiger partial charge < -0.3 is 4.84 Å². The zero-order valence-corrected chi connectivity index (χ0v) is 8.06. The molecule has 72 valence electrons. The monoisotopic (exact) mass is 210 g/mol. The summed E-state index contributed by atoms with van der Waals surface area (Å²) in [5.74, 6) is -0.0368. The molecular weight excluding hydrogens is 204 g/mol. The summed E-state index contributed by atoms with van der Waals surface area (Å²) < 4.78 is 0. The SMILES string of the molecule is CC(=O)On1nnnc1-c1cccs1. The fraction of sp³-hybridized carbons (Fsp3) is 0.143. The third-order valence-electron chi connectivity index (χ3n) is 1.40. The Labute approximate surface area is 83.1 Å². The van der Waals surface area contributed by atoms with Crippen LogP contribution < -0.4 is 4.84 Å². The maximum absolute atomic E-state index is 10.7. The van der Waals surface area contributed by atoms with Crippen molar-refractivity contribution in [1.29, 1.82) is 0 Å². The number of aromatic nitrogens is 4. The minimum atomic E-state index is -0.463. The largest absolute Gasteiger partial charge is 0.332 e. The molecule has 0 amide bonds. The Bertz CT molecular complexity index is 436. The number of rotatable bonds is 2. The second-order valence-corrected chi connectivity index (χ2v) is 3.38. The van der Waals surface area contributed by atoms with Gasteiger partial charge in [0.25, 0.3) is 0 Å². The molecular formula is C7H6N4O2S. The van der Waals surface area contributed by atoms with Crippen LogP contribution in [0.25, 0.3) is 10.7 Å². The average molecular weight is 210 g/mol. The van der Waals surface area contributed by atoms with E-state index in [4.69, 9.17) is 4.84 Å². The number of tetrazole rings is 1. The lowest BCUT2D eigenvalue weighted by atomic mass is 10.4. The highest BCUT2D eigenvalue weighted by Gasteiger charge is 2.11. The number of hydrogen-bond acceptors (Lipinski definition) is 6. The van der Waals surface area contributed by atoms with E-state index in [9.17, 15) is 4.79 Å². The second kappa shape index (κ2) is 3.54. The summed E-state index contributed by atoms with van der Waals surface area (Å²) in [4.78, 5) is 17.3. The highest BCUT2D eigenvalue weighted by atomic mass is 32.1. The Morgan fingerprint density at radius 2 is 2.50 bits per heavy atom. The van der Waals surface area contributed by atoms with Crippen molar-refractivity contribution in [3.05, 3.63) is 17.5 Å². The van der Waals surface area contributed by atoms with Gasteiger partial charge in [0.05, 0.1) is 4.88 Å². The van der Waals surface area contributed by atoms with Crippen LogP contribution in [-0.4, -0.2) is 26.3 Å². The Kier molecular flexibility index (Phi) is 2.23. The summed E-state index contributed by atoms with van der Waals surface area (Å²) in [6, 6.07) is 3.71. The minimum Gasteiger partial charge on any atom is -0.316 e. The molecule has 0 unspecified atom stereocenters. The van der Waals surface area contributed by atoms with Crippen molar-refractivity contribution in [3.63, 3.8) is 0 Å². The van der Waals surface area contributed by atoms with E-state index >= 15 is 0 Å². The van der Waals surface area contributed by atoms with Gasteiger partial charge in [-0.05, 0) is 26.7 Å². The predicted octanol–water partition coefficient (Wildman–Crippen LogP) is 0.377. The number of nitrogens with zero attached hydrogens (tertiary/aromatic N) is 4. The van der Waals surface area contributed by atoms with Gasteiger partial charge in [-0.2, -0.15) is 0 Å². The van der Waals surface area contributed by atoms with Gasteiger partial charge in [-0.15, -0.1) is 16.4 Å². The van der Waals surface area contributed by atoms with Crippen LogP contribution in [0.4, 0.5) is 0 Å². The van der Waals surface area contributed by atoms with Crippen LogP contribution in [0.15, 0.2) is 17.5 Å². The van der Waals surface area contributed by atoms with E-state index in [0.717, 1.165) is 9.72 Å². The molecule has 0 fully saturated rings. The van der Waals surface area contributed by atoms with Crippen LogP contribution in [0.5, 0.6) is 0 Å². The van der Waals surface area contributed by atoms with Crippen LogP contribution in [0.3, 0.4) is 0 Å². The quantitative estimate of drug-likeness (QED) is 0.670. The van der Waals surface area contributed by atoms with Crippen molar-refractivity contribution in [3.8, 4) is 10.7 Å². The van der Waals surface area contributed by atoms with Gasteiger partial charge in [0.15, 0.2) is 0 Å². The Balaban J connectivity index is 2.35. The van der Waals surface area contributed by atoms with Crippen molar-refractivity contribution in [2.24, 2.45) is 0 Å². The van der Waals surface area contributed by atoms with E-state index in [-0.39, 0.29) is 0 Å². The van der Waals surface area contributed by atoms with E-state index in [1.165, 1.54) is 18.3 Å². The van der Waals surface area contributed by atoms with Crippen molar-refractivity contribution >= 4 is 17.3 Å². The Hall–Kier alpha value is -1.76. The van der Waals surface area contributed by atoms with Gasteiger partial charge in [0.2, 0.25) is 5.82 Å². The average Bonchev–Trinajstić information content (AvgIpc) is 2.70. The fourth-order valence-electron chi connectivity index (χ4n) is 0.912. The lowest BCUT2D eigenvalue weighted by Gasteiger charge is -1.99. The molecule has 0 aliphatic carbocycles. The summed E-state index contributed by atoms with van der Waals surface area (Å²) in [5.41, 5.74) is 0. The van der Waals surface area contributed by atoms with E-state index in [1.807, 2.05) is 17.5 Å². The van der Waals surface area contributed by atoms with E-state index in [2.05, 4.69) is 15.5 Å². The molecule has 2 rings (SSSR count). The van der Waals surface area contributed by atoms with Crippen LogP contribution in [0.2, 0.25) is 0 Å². The van der Waals surface area contributed by atoms with Crippen molar-refractivity contribution in [1.82, 2.24) is 20.4 Å². The van der Waals surface area contributed by atoms with E-state index in [1.54, 1.807) is 0 Å². The topological polar surface area (TPSA) is 69.9 Å². The molecule has 7 heteroatoms. The lowest BCUT2D eigenvalue weighted by Crippen LogP contribution is -2.18. The van der Waals surface area contributed by atoms with Crippen molar-refractivity contribution < 1.29 is 9.63 Å². The third kappa shape index (κ3) is 1.62. The molecule has 14 heavy (non-hydrogen) atoms. The first kappa shape index (κ1) is 8.82. The van der Waals surface area contributed by atoms with Crippen LogP contribution >= 0.6 is 11.3 Å². The molecule has 0 aromatic carbocycles. The minimum absolute atomic E-state index is 0.426. The molecule has 0 aliphatic rings. The summed E-state index contributed by atoms with van der Waals surface area (Å²) in [5, 5.41) is 12.6. The summed E-state index contributed by atoms with van der Waals surface area (Å²) in [6.07, 6.45) is 0. The molecule has 2 heterocycles. The Morgan fingerprint density at radius 3 is 3.14 bits per heavy atom. The molecule has 2 aromatic heterocycles. The predicted molar refractivity (Wildman–Crippen MR) is 48.4 cm³/mol. The van der Waals surface area contributed by atoms with Gasteiger partial charge in [-0.3, -0.25) is 0 Å². The van der Waals surface area contributed by atoms with E-state index in [0.29, 0.717) is 5.82 Å². The van der Waals surface area contributed by atoms with Crippen LogP contribution in [0.1, 0.15) is 6.92 Å². The standard InChI is InChI=1S/C7H6N4O2S/c1-5(12)13-11-7(8-9-10-11)6-3-2-4-14-6/h2-4H,1H3. The molecule has 0 N–H and O–H groups in total. The molecule has 0 aliphatic heterocycles. The summed E-state index contributed by atoms with van der Waals surface area (Å²) >= 11 is 1.47. The highest BCUT2D eigenvalue weighted by molar-refractivity contribution is 7.13. The smallest absolute Gasteiger partial charge is 0.316 e. The molecule has 0 bridgehead atoms. The lowest BCUT2D eigenvalue weighted by molar-refractivity contribution is -0.143. The van der Waals surface area contributed by atoms with Gasteiger partial charge in [-0.25, -0.2) is 4.79 Å². The zero-order chi connectivity index (χ0) is 9.97. The summed E-state index contributed by atoms with van der Waals surface area (Å²) in [6.45, 7) is 1.29. The number of carbonyl (C=O) groups excluding carboxylic acids is 1. The van der Waals surface area contributed by atoms with Crippen LogP contribution in [-0.2, 0) is 4.79 Å². The van der Waals surface area contributed by atoms with Crippen molar-refractivity contribution in [2.45, 2.75) is 6.92 Å². The van der Waals surface area contributed by atoms with Gasteiger partial charge in [0, 0.05) is 6.92 Å². The molecule has 0 atom stereocenters. The first-order chi connectivity index (χ1) is 6.77. The molecule has 6 nitrogen and oxygen atoms in total. The molecule has 0 saturated heterocycles. The third-order valence-corrected chi connectivity index (χ3v) is 2.26. The number of carbonyl (C=O) groups is 1. The molecule has 0 saturated carbocycles. The number of hydrogen-bond donors (Lipinski definition) is 0. The van der Waals surface area contributed by atoms with Gasteiger partial charge in [0.1, 0.15) is 0 Å². The maximum atomic E-state index is 10.7. The van der Waals surface area contributed by atoms with Gasteiger partial charge in [-0.1, -0.05) is 6.07 Å². The summed E-state index contributed by atoms with van der Waals surface area (Å²) in [7, 11) is 0.